The number of hydrogen-bond acceptors (Lipinski definition) is 6. The average Bonchev–Trinajstić information content (AvgIpc) is 3.57. The summed E-state index contributed by atoms with van der Waals surface area (Å²) in [5.74, 6) is 2.37. The molecule has 0 amide bonds. The summed E-state index contributed by atoms with van der Waals surface area (Å²) in [4.78, 5) is 13.4. The summed E-state index contributed by atoms with van der Waals surface area (Å²) in [5.41, 5.74) is 4.36. The molecule has 2 aliphatic heterocycles. The first kappa shape index (κ1) is 22.8. The van der Waals surface area contributed by atoms with Crippen molar-refractivity contribution in [2.45, 2.75) is 30.6 Å². The highest BCUT2D eigenvalue weighted by Gasteiger charge is 2.32. The molecule has 8 nitrogen and oxygen atoms in total. The Labute approximate surface area is 210 Å². The van der Waals surface area contributed by atoms with E-state index >= 15 is 0 Å². The normalized spacial score (nSPS) is 16.4. The van der Waals surface area contributed by atoms with Gasteiger partial charge in [0, 0.05) is 30.8 Å². The summed E-state index contributed by atoms with van der Waals surface area (Å²) in [6.45, 7) is 3.05. The van der Waals surface area contributed by atoms with E-state index in [2.05, 4.69) is 9.97 Å². The molecular formula is C27H26N4O4S. The number of ether oxygens (including phenoxy) is 2. The van der Waals surface area contributed by atoms with Crippen LogP contribution in [0.5, 0.6) is 11.5 Å². The van der Waals surface area contributed by atoms with E-state index in [1.54, 1.807) is 22.6 Å². The first-order chi connectivity index (χ1) is 17.5. The van der Waals surface area contributed by atoms with Crippen LogP contribution < -0.4 is 9.47 Å². The smallest absolute Gasteiger partial charge is 0.243 e. The lowest BCUT2D eigenvalue weighted by molar-refractivity contribution is 0.174. The monoisotopic (exact) mass is 502 g/mol. The zero-order valence-electron chi connectivity index (χ0n) is 19.8. The molecule has 4 aromatic rings. The molecule has 36 heavy (non-hydrogen) atoms. The molecule has 4 heterocycles. The molecule has 2 aromatic heterocycles. The summed E-state index contributed by atoms with van der Waals surface area (Å²) in [6, 6.07) is 18.6. The fraction of sp³-hybridized carbons (Fsp3) is 0.259. The van der Waals surface area contributed by atoms with Crippen LogP contribution in [0.25, 0.3) is 22.6 Å². The lowest BCUT2D eigenvalue weighted by atomic mass is 9.97. The van der Waals surface area contributed by atoms with E-state index in [-0.39, 0.29) is 12.7 Å². The molecule has 2 aromatic carbocycles. The van der Waals surface area contributed by atoms with Crippen LogP contribution in [-0.4, -0.2) is 47.6 Å². The number of rotatable bonds is 5. The molecule has 2 aliphatic rings. The zero-order valence-corrected chi connectivity index (χ0v) is 20.7. The van der Waals surface area contributed by atoms with Crippen molar-refractivity contribution in [3.63, 3.8) is 0 Å². The Kier molecular flexibility index (Phi) is 5.73. The number of sulfonamides is 1. The Bertz CT molecular complexity index is 1490. The van der Waals surface area contributed by atoms with Gasteiger partial charge in [0.1, 0.15) is 5.82 Å². The van der Waals surface area contributed by atoms with Crippen molar-refractivity contribution in [1.82, 2.24) is 19.3 Å². The Balaban J connectivity index is 1.28. The van der Waals surface area contributed by atoms with Gasteiger partial charge in [0.05, 0.1) is 22.0 Å². The number of imidazole rings is 1. The average molecular weight is 503 g/mol. The second kappa shape index (κ2) is 9.07. The van der Waals surface area contributed by atoms with E-state index in [4.69, 9.17) is 14.5 Å². The van der Waals surface area contributed by atoms with E-state index in [1.807, 2.05) is 55.5 Å². The minimum absolute atomic E-state index is 0.111. The highest BCUT2D eigenvalue weighted by atomic mass is 32.2. The van der Waals surface area contributed by atoms with Crippen molar-refractivity contribution < 1.29 is 17.9 Å². The van der Waals surface area contributed by atoms with Gasteiger partial charge in [-0.15, -0.1) is 0 Å². The van der Waals surface area contributed by atoms with Gasteiger partial charge < -0.3 is 14.5 Å². The lowest BCUT2D eigenvalue weighted by Crippen LogP contribution is -2.38. The minimum atomic E-state index is -3.51. The van der Waals surface area contributed by atoms with Crippen LogP contribution in [-0.2, 0) is 10.0 Å². The molecule has 0 radical (unpaired) electrons. The maximum absolute atomic E-state index is 13.1. The van der Waals surface area contributed by atoms with Gasteiger partial charge in [-0.25, -0.2) is 13.4 Å². The number of H-pyrrole nitrogens is 1. The number of hydrogen-bond donors (Lipinski definition) is 1. The number of benzene rings is 2. The molecule has 0 saturated carbocycles. The predicted molar refractivity (Wildman–Crippen MR) is 135 cm³/mol. The van der Waals surface area contributed by atoms with Crippen molar-refractivity contribution in [1.29, 1.82) is 0 Å². The van der Waals surface area contributed by atoms with E-state index in [9.17, 15) is 8.42 Å². The van der Waals surface area contributed by atoms with Crippen molar-refractivity contribution in [2.24, 2.45) is 0 Å². The SMILES string of the molecule is Cc1ccc(S(=O)(=O)N2CCC(c3nc(-c4ccc5c(c4)OCO5)c(-c4ccccn4)[nH]3)CC2)cc1. The van der Waals surface area contributed by atoms with Crippen LogP contribution in [0.3, 0.4) is 0 Å². The zero-order chi connectivity index (χ0) is 24.7. The molecule has 0 spiro atoms. The van der Waals surface area contributed by atoms with Crippen LogP contribution in [0.15, 0.2) is 71.8 Å². The topological polar surface area (TPSA) is 97.4 Å². The number of pyridine rings is 1. The Morgan fingerprint density at radius 3 is 2.50 bits per heavy atom. The van der Waals surface area contributed by atoms with Crippen molar-refractivity contribution in [3.8, 4) is 34.1 Å². The fourth-order valence-electron chi connectivity index (χ4n) is 4.76. The number of aryl methyl sites for hydroxylation is 1. The van der Waals surface area contributed by atoms with Crippen LogP contribution in [0.4, 0.5) is 0 Å². The first-order valence-corrected chi connectivity index (χ1v) is 13.4. The van der Waals surface area contributed by atoms with E-state index in [0.717, 1.165) is 39.8 Å². The van der Waals surface area contributed by atoms with E-state index < -0.39 is 10.0 Å². The Morgan fingerprint density at radius 1 is 0.972 bits per heavy atom. The highest BCUT2D eigenvalue weighted by molar-refractivity contribution is 7.89. The molecule has 6 rings (SSSR count). The van der Waals surface area contributed by atoms with Gasteiger partial charge in [-0.2, -0.15) is 4.31 Å². The number of aromatic amines is 1. The highest BCUT2D eigenvalue weighted by Crippen LogP contribution is 2.39. The molecular weight excluding hydrogens is 476 g/mol. The molecule has 0 unspecified atom stereocenters. The summed E-state index contributed by atoms with van der Waals surface area (Å²) in [6.07, 6.45) is 3.12. The van der Waals surface area contributed by atoms with Crippen molar-refractivity contribution in [2.75, 3.05) is 19.9 Å². The third-order valence-corrected chi connectivity index (χ3v) is 8.70. The number of nitrogens with one attached hydrogen (secondary N) is 1. The van der Waals surface area contributed by atoms with Crippen molar-refractivity contribution in [3.05, 3.63) is 78.2 Å². The van der Waals surface area contributed by atoms with Gasteiger partial charge in [-0.3, -0.25) is 4.98 Å². The van der Waals surface area contributed by atoms with Gasteiger partial charge in [-0.1, -0.05) is 23.8 Å². The number of aromatic nitrogens is 3. The number of fused-ring (bicyclic) bond motifs is 1. The molecule has 0 bridgehead atoms. The van der Waals surface area contributed by atoms with Gasteiger partial charge >= 0.3 is 0 Å². The van der Waals surface area contributed by atoms with Gasteiger partial charge in [0.15, 0.2) is 11.5 Å². The minimum Gasteiger partial charge on any atom is -0.454 e. The summed E-state index contributed by atoms with van der Waals surface area (Å²) in [7, 11) is -3.51. The number of piperidine rings is 1. The van der Waals surface area contributed by atoms with Gasteiger partial charge in [0.25, 0.3) is 0 Å². The molecule has 1 saturated heterocycles. The summed E-state index contributed by atoms with van der Waals surface area (Å²) >= 11 is 0. The van der Waals surface area contributed by atoms with E-state index in [0.29, 0.717) is 36.6 Å². The van der Waals surface area contributed by atoms with Crippen molar-refractivity contribution >= 4 is 10.0 Å². The summed E-state index contributed by atoms with van der Waals surface area (Å²) in [5, 5.41) is 0. The van der Waals surface area contributed by atoms with Gasteiger partial charge in [-0.05, 0) is 62.2 Å². The molecule has 1 N–H and O–H groups in total. The van der Waals surface area contributed by atoms with E-state index in [1.165, 1.54) is 0 Å². The molecule has 1 fully saturated rings. The molecule has 184 valence electrons. The standard InChI is InChI=1S/C27H26N4O4S/c1-18-5-8-21(9-6-18)36(32,33)31-14-11-19(12-15-31)27-29-25(26(30-27)22-4-2-3-13-28-22)20-7-10-23-24(16-20)35-17-34-23/h2-10,13,16,19H,11-12,14-15,17H2,1H3,(H,29,30). The second-order valence-corrected chi connectivity index (χ2v) is 11.1. The third kappa shape index (κ3) is 4.14. The molecule has 0 atom stereocenters. The maximum atomic E-state index is 13.1. The second-order valence-electron chi connectivity index (χ2n) is 9.12. The van der Waals surface area contributed by atoms with Crippen LogP contribution in [0.2, 0.25) is 0 Å². The quantitative estimate of drug-likeness (QED) is 0.423. The Morgan fingerprint density at radius 2 is 1.75 bits per heavy atom. The Hall–Kier alpha value is -3.69. The fourth-order valence-corrected chi connectivity index (χ4v) is 6.23. The third-order valence-electron chi connectivity index (χ3n) is 6.79. The van der Waals surface area contributed by atoms with Gasteiger partial charge in [0.2, 0.25) is 16.8 Å². The van der Waals surface area contributed by atoms with Crippen LogP contribution >= 0.6 is 0 Å². The maximum Gasteiger partial charge on any atom is 0.243 e. The number of nitrogens with zero attached hydrogens (tertiary/aromatic N) is 3. The van der Waals surface area contributed by atoms with Crippen LogP contribution in [0.1, 0.15) is 30.1 Å². The largest absolute Gasteiger partial charge is 0.454 e. The first-order valence-electron chi connectivity index (χ1n) is 12.0. The molecule has 0 aliphatic carbocycles. The summed E-state index contributed by atoms with van der Waals surface area (Å²) < 4.78 is 38.9. The lowest BCUT2D eigenvalue weighted by Gasteiger charge is -2.30. The predicted octanol–water partition coefficient (Wildman–Crippen LogP) is 4.74. The van der Waals surface area contributed by atoms with Crippen LogP contribution in [0, 0.1) is 6.92 Å². The molecule has 9 heteroatoms.